The van der Waals surface area contributed by atoms with E-state index in [9.17, 15) is 4.79 Å². The molecule has 17 heavy (non-hydrogen) atoms. The summed E-state index contributed by atoms with van der Waals surface area (Å²) in [6.45, 7) is 6.97. The quantitative estimate of drug-likeness (QED) is 0.788. The van der Waals surface area contributed by atoms with Crippen molar-refractivity contribution in [3.63, 3.8) is 0 Å². The molecule has 94 valence electrons. The summed E-state index contributed by atoms with van der Waals surface area (Å²) in [6.07, 6.45) is 3.62. The van der Waals surface area contributed by atoms with Crippen LogP contribution in [-0.2, 0) is 5.41 Å². The van der Waals surface area contributed by atoms with E-state index in [0.29, 0.717) is 18.0 Å². The number of carbonyl (C=O) groups is 1. The first-order valence-corrected chi connectivity index (χ1v) is 6.20. The lowest BCUT2D eigenvalue weighted by Crippen LogP contribution is -2.26. The van der Waals surface area contributed by atoms with Crippen molar-refractivity contribution in [1.29, 1.82) is 0 Å². The van der Waals surface area contributed by atoms with Gasteiger partial charge in [-0.25, -0.2) is 0 Å². The molecule has 0 unspecified atom stereocenters. The van der Waals surface area contributed by atoms with Crippen molar-refractivity contribution in [1.82, 2.24) is 14.9 Å². The van der Waals surface area contributed by atoms with Gasteiger partial charge in [-0.15, -0.1) is 5.10 Å². The number of nitrogens with one attached hydrogen (secondary N) is 1. The molecule has 1 amide bonds. The van der Waals surface area contributed by atoms with Crippen LogP contribution in [-0.4, -0.2) is 28.6 Å². The van der Waals surface area contributed by atoms with Crippen molar-refractivity contribution in [3.05, 3.63) is 22.7 Å². The SMILES string of the molecule is CC(C)(C)c1nnsc1C(=O)NC/C=C/CN. The van der Waals surface area contributed by atoms with Gasteiger partial charge in [-0.05, 0) is 11.5 Å². The van der Waals surface area contributed by atoms with Crippen LogP contribution in [0.25, 0.3) is 0 Å². The van der Waals surface area contributed by atoms with Crippen LogP contribution < -0.4 is 11.1 Å². The molecule has 0 aromatic carbocycles. The van der Waals surface area contributed by atoms with Crippen molar-refractivity contribution in [2.75, 3.05) is 13.1 Å². The fourth-order valence-corrected chi connectivity index (χ4v) is 2.03. The van der Waals surface area contributed by atoms with E-state index in [1.54, 1.807) is 6.08 Å². The molecule has 0 atom stereocenters. The second-order valence-corrected chi connectivity index (χ2v) is 5.37. The molecule has 0 aliphatic carbocycles. The van der Waals surface area contributed by atoms with Gasteiger partial charge in [0.05, 0.1) is 5.69 Å². The molecule has 5 nitrogen and oxygen atoms in total. The summed E-state index contributed by atoms with van der Waals surface area (Å²) < 4.78 is 3.85. The molecular weight excluding hydrogens is 236 g/mol. The van der Waals surface area contributed by atoms with Gasteiger partial charge in [0.25, 0.3) is 5.91 Å². The van der Waals surface area contributed by atoms with Crippen molar-refractivity contribution >= 4 is 17.4 Å². The van der Waals surface area contributed by atoms with Gasteiger partial charge in [-0.1, -0.05) is 37.4 Å². The third-order valence-corrected chi connectivity index (χ3v) is 2.81. The minimum atomic E-state index is -0.174. The van der Waals surface area contributed by atoms with E-state index in [4.69, 9.17) is 5.73 Å². The molecular formula is C11H18N4OS. The van der Waals surface area contributed by atoms with Gasteiger partial charge in [-0.3, -0.25) is 4.79 Å². The molecule has 0 saturated heterocycles. The standard InChI is InChI=1S/C11H18N4OS/c1-11(2,3)9-8(17-15-14-9)10(16)13-7-5-4-6-12/h4-5H,6-7,12H2,1-3H3,(H,13,16)/b5-4+. The number of nitrogens with zero attached hydrogens (tertiary/aromatic N) is 2. The third-order valence-electron chi connectivity index (χ3n) is 2.09. The molecule has 0 bridgehead atoms. The van der Waals surface area contributed by atoms with Crippen molar-refractivity contribution in [2.45, 2.75) is 26.2 Å². The van der Waals surface area contributed by atoms with Crippen LogP contribution in [0.3, 0.4) is 0 Å². The van der Waals surface area contributed by atoms with Crippen molar-refractivity contribution in [3.8, 4) is 0 Å². The molecule has 1 aromatic heterocycles. The lowest BCUT2D eigenvalue weighted by atomic mass is 9.91. The highest BCUT2D eigenvalue weighted by atomic mass is 32.1. The van der Waals surface area contributed by atoms with E-state index in [1.165, 1.54) is 0 Å². The van der Waals surface area contributed by atoms with Crippen LogP contribution in [0.2, 0.25) is 0 Å². The predicted molar refractivity (Wildman–Crippen MR) is 69.1 cm³/mol. The van der Waals surface area contributed by atoms with Gasteiger partial charge in [0.2, 0.25) is 0 Å². The summed E-state index contributed by atoms with van der Waals surface area (Å²) in [6, 6.07) is 0. The third kappa shape index (κ3) is 3.90. The number of nitrogens with two attached hydrogens (primary N) is 1. The van der Waals surface area contributed by atoms with Crippen molar-refractivity contribution < 1.29 is 4.79 Å². The highest BCUT2D eigenvalue weighted by molar-refractivity contribution is 7.08. The predicted octanol–water partition coefficient (Wildman–Crippen LogP) is 1.08. The van der Waals surface area contributed by atoms with Gasteiger partial charge in [0.1, 0.15) is 4.88 Å². The van der Waals surface area contributed by atoms with Gasteiger partial charge < -0.3 is 11.1 Å². The van der Waals surface area contributed by atoms with E-state index in [1.807, 2.05) is 26.8 Å². The number of hydrogen-bond acceptors (Lipinski definition) is 5. The second kappa shape index (κ2) is 5.88. The zero-order valence-electron chi connectivity index (χ0n) is 10.4. The monoisotopic (exact) mass is 254 g/mol. The molecule has 3 N–H and O–H groups in total. The van der Waals surface area contributed by atoms with Crippen LogP contribution in [0.4, 0.5) is 0 Å². The maximum absolute atomic E-state index is 11.9. The highest BCUT2D eigenvalue weighted by Gasteiger charge is 2.25. The summed E-state index contributed by atoms with van der Waals surface area (Å²) >= 11 is 1.13. The molecule has 0 radical (unpaired) electrons. The molecule has 0 spiro atoms. The smallest absolute Gasteiger partial charge is 0.265 e. The Morgan fingerprint density at radius 1 is 1.47 bits per heavy atom. The number of amides is 1. The largest absolute Gasteiger partial charge is 0.348 e. The van der Waals surface area contributed by atoms with Crippen LogP contribution in [0, 0.1) is 0 Å². The lowest BCUT2D eigenvalue weighted by molar-refractivity contribution is 0.0959. The molecule has 0 saturated carbocycles. The summed E-state index contributed by atoms with van der Waals surface area (Å²) in [5.41, 5.74) is 5.87. The van der Waals surface area contributed by atoms with Crippen molar-refractivity contribution in [2.24, 2.45) is 5.73 Å². The van der Waals surface area contributed by atoms with E-state index in [-0.39, 0.29) is 11.3 Å². The average Bonchev–Trinajstić information content (AvgIpc) is 2.72. The molecule has 6 heteroatoms. The summed E-state index contributed by atoms with van der Waals surface area (Å²) in [7, 11) is 0. The number of rotatable bonds is 4. The first kappa shape index (κ1) is 13.8. The molecule has 1 aromatic rings. The second-order valence-electron chi connectivity index (χ2n) is 4.62. The molecule has 1 rings (SSSR count). The molecule has 1 heterocycles. The highest BCUT2D eigenvalue weighted by Crippen LogP contribution is 2.25. The lowest BCUT2D eigenvalue weighted by Gasteiger charge is -2.15. The van der Waals surface area contributed by atoms with Gasteiger partial charge >= 0.3 is 0 Å². The Hall–Kier alpha value is -1.27. The fraction of sp³-hybridized carbons (Fsp3) is 0.545. The number of carbonyl (C=O) groups excluding carboxylic acids is 1. The van der Waals surface area contributed by atoms with Crippen LogP contribution in [0.15, 0.2) is 12.2 Å². The Balaban J connectivity index is 2.70. The first-order chi connectivity index (χ1) is 7.96. The summed E-state index contributed by atoms with van der Waals surface area (Å²) in [4.78, 5) is 12.5. The Kier molecular flexibility index (Phi) is 4.77. The Bertz CT molecular complexity index is 406. The first-order valence-electron chi connectivity index (χ1n) is 5.43. The van der Waals surface area contributed by atoms with E-state index >= 15 is 0 Å². The fourth-order valence-electron chi connectivity index (χ4n) is 1.24. The Morgan fingerprint density at radius 3 is 2.76 bits per heavy atom. The summed E-state index contributed by atoms with van der Waals surface area (Å²) in [5.74, 6) is -0.133. The zero-order valence-corrected chi connectivity index (χ0v) is 11.2. The average molecular weight is 254 g/mol. The molecule has 0 fully saturated rings. The Morgan fingerprint density at radius 2 is 2.18 bits per heavy atom. The van der Waals surface area contributed by atoms with E-state index in [0.717, 1.165) is 17.2 Å². The maximum Gasteiger partial charge on any atom is 0.265 e. The van der Waals surface area contributed by atoms with E-state index in [2.05, 4.69) is 14.9 Å². The molecule has 0 aliphatic heterocycles. The normalized spacial score (nSPS) is 12.0. The van der Waals surface area contributed by atoms with Crippen LogP contribution in [0.1, 0.15) is 36.1 Å². The maximum atomic E-state index is 11.9. The minimum absolute atomic E-state index is 0.133. The summed E-state index contributed by atoms with van der Waals surface area (Å²) in [5, 5.41) is 6.80. The number of hydrogen-bond donors (Lipinski definition) is 2. The molecule has 0 aliphatic rings. The minimum Gasteiger partial charge on any atom is -0.348 e. The Labute approximate surface area is 105 Å². The van der Waals surface area contributed by atoms with Gasteiger partial charge in [0, 0.05) is 18.5 Å². The van der Waals surface area contributed by atoms with Crippen LogP contribution >= 0.6 is 11.5 Å². The zero-order chi connectivity index (χ0) is 12.9. The van der Waals surface area contributed by atoms with Gasteiger partial charge in [0.15, 0.2) is 0 Å². The van der Waals surface area contributed by atoms with Gasteiger partial charge in [-0.2, -0.15) is 0 Å². The van der Waals surface area contributed by atoms with E-state index < -0.39 is 0 Å². The van der Waals surface area contributed by atoms with Crippen LogP contribution in [0.5, 0.6) is 0 Å². The number of aromatic nitrogens is 2. The topological polar surface area (TPSA) is 80.9 Å².